The Bertz CT molecular complexity index is 4270. The van der Waals surface area contributed by atoms with Crippen molar-refractivity contribution in [2.45, 2.75) is 124 Å². The first-order valence-corrected chi connectivity index (χ1v) is 37.1. The van der Waals surface area contributed by atoms with Crippen molar-refractivity contribution in [2.75, 3.05) is 122 Å². The lowest BCUT2D eigenvalue weighted by Crippen LogP contribution is -2.36. The molecule has 0 amide bonds. The summed E-state index contributed by atoms with van der Waals surface area (Å²) in [5.41, 5.74) is 10.3. The largest absolute Gasteiger partial charge is 0.488 e. The van der Waals surface area contributed by atoms with Crippen LogP contribution in [-0.2, 0) is 14.2 Å². The van der Waals surface area contributed by atoms with Crippen molar-refractivity contribution < 1.29 is 32.8 Å². The fraction of sp³-hybridized carbons (Fsp3) is 0.444. The number of anilines is 6. The highest BCUT2D eigenvalue weighted by Gasteiger charge is 2.29. The summed E-state index contributed by atoms with van der Waals surface area (Å²) in [4.78, 5) is 55.6. The Kier molecular flexibility index (Phi) is 22.7. The molecule has 7 aromatic heterocycles. The van der Waals surface area contributed by atoms with E-state index in [1.165, 1.54) is 18.0 Å². The van der Waals surface area contributed by atoms with Crippen LogP contribution in [0.5, 0.6) is 17.2 Å². The zero-order valence-corrected chi connectivity index (χ0v) is 58.0. The van der Waals surface area contributed by atoms with Crippen LogP contribution in [0.1, 0.15) is 77.0 Å². The second kappa shape index (κ2) is 33.4. The lowest BCUT2D eigenvalue weighted by atomic mass is 9.93. The number of nitrogens with zero attached hydrogens (tertiary/aromatic N) is 15. The molecule has 6 fully saturated rings. The van der Waals surface area contributed by atoms with Gasteiger partial charge in [-0.05, 0) is 126 Å². The van der Waals surface area contributed by atoms with Gasteiger partial charge in [0.1, 0.15) is 56.8 Å². The topological polar surface area (TPSA) is 272 Å². The Hall–Kier alpha value is -9.09. The molecule has 28 heteroatoms. The van der Waals surface area contributed by atoms with Crippen molar-refractivity contribution in [1.29, 1.82) is 0 Å². The Morgan fingerprint density at radius 1 is 0.450 bits per heavy atom. The summed E-state index contributed by atoms with van der Waals surface area (Å²) >= 11 is 3.02. The molecule has 0 spiro atoms. The first kappa shape index (κ1) is 68.1. The van der Waals surface area contributed by atoms with Crippen LogP contribution in [0, 0.1) is 5.82 Å². The van der Waals surface area contributed by atoms with Gasteiger partial charge < -0.3 is 59.1 Å². The van der Waals surface area contributed by atoms with Crippen molar-refractivity contribution in [1.82, 2.24) is 65.0 Å². The molecular formula is C72H84FN19O6S2. The van der Waals surface area contributed by atoms with Crippen LogP contribution in [0.3, 0.4) is 0 Å². The molecule has 3 aliphatic carbocycles. The van der Waals surface area contributed by atoms with Gasteiger partial charge in [0.2, 0.25) is 0 Å². The monoisotopic (exact) mass is 1390 g/mol. The molecule has 4 N–H and O–H groups in total. The molecule has 0 radical (unpaired) electrons. The first-order valence-electron chi connectivity index (χ1n) is 34.7. The fourth-order valence-corrected chi connectivity index (χ4v) is 14.4. The van der Waals surface area contributed by atoms with E-state index >= 15 is 0 Å². The number of H-pyrrole nitrogens is 1. The summed E-state index contributed by atoms with van der Waals surface area (Å²) in [6, 6.07) is 21.6. The normalized spacial score (nSPS) is 21.1. The number of morpholine rings is 3. The minimum atomic E-state index is -0.420. The molecule has 100 heavy (non-hydrogen) atoms. The highest BCUT2D eigenvalue weighted by molar-refractivity contribution is 7.98. The van der Waals surface area contributed by atoms with Crippen molar-refractivity contribution in [2.24, 2.45) is 0 Å². The van der Waals surface area contributed by atoms with Crippen molar-refractivity contribution in [3.8, 4) is 28.5 Å². The second-order valence-corrected chi connectivity index (χ2v) is 27.1. The molecule has 6 aliphatic rings. The van der Waals surface area contributed by atoms with Crippen LogP contribution in [0.2, 0.25) is 0 Å². The maximum atomic E-state index is 14.1. The number of thioether (sulfide) groups is 2. The summed E-state index contributed by atoms with van der Waals surface area (Å²) < 4.78 is 50.2. The maximum Gasteiger partial charge on any atom is 0.189 e. The Labute approximate surface area is 588 Å². The molecule has 522 valence electrons. The minimum absolute atomic E-state index is 0.0743. The van der Waals surface area contributed by atoms with Gasteiger partial charge in [-0.15, -0.1) is 11.8 Å². The van der Waals surface area contributed by atoms with E-state index in [0.29, 0.717) is 17.2 Å². The van der Waals surface area contributed by atoms with Crippen molar-refractivity contribution >= 4 is 91.1 Å². The molecule has 0 atom stereocenters. The van der Waals surface area contributed by atoms with Gasteiger partial charge in [0, 0.05) is 154 Å². The third-order valence-electron chi connectivity index (χ3n) is 19.0. The maximum absolute atomic E-state index is 14.1. The fourth-order valence-electron chi connectivity index (χ4n) is 13.6. The summed E-state index contributed by atoms with van der Waals surface area (Å²) in [7, 11) is 0. The van der Waals surface area contributed by atoms with Crippen LogP contribution >= 0.6 is 23.5 Å². The first-order chi connectivity index (χ1) is 49.3. The molecular weight excluding hydrogens is 1310 g/mol. The Morgan fingerprint density at radius 2 is 0.900 bits per heavy atom. The van der Waals surface area contributed by atoms with E-state index in [1.807, 2.05) is 36.9 Å². The second-order valence-electron chi connectivity index (χ2n) is 25.5. The Balaban J connectivity index is 0.000000128. The standard InChI is InChI=1S/C26H29N7O2.C23H27FN6O2S.C23H28N6O2S/c1-6-25(29-17-18(1)22-7-8-30-32-22)31-19-2-4-21(5-3-19)35-24-16-20(33-11-13-34-14-12-33)15-23-26(24)28-10-9-27-23;1-33-23-27-14-18(24)22(29-23)28-15-2-4-17(5-3-15)32-20-13-16(30-8-10-31-11-9-30)12-19-21(20)26-7-6-25-19;1-32-22-14-21(26-15-27-22)28-16-2-4-18(5-3-16)31-20-13-17(29-8-10-30-11-9-29)12-19-23(20)25-7-6-24-19/h1,6-10,15-17,19,21H,2-5,11-14H2,(H,29,31)(H,30,32);6-7,12-15,17H,2-5,8-11H2,1H3,(H,27,28,29);6-7,12-16,18H,2-5,8-11H2,1H3,(H,26,27,28). The van der Waals surface area contributed by atoms with Crippen LogP contribution in [-0.4, -0.2) is 193 Å². The molecule has 0 unspecified atom stereocenters. The van der Waals surface area contributed by atoms with Gasteiger partial charge >= 0.3 is 0 Å². The molecule has 10 aromatic rings. The molecule has 3 aliphatic heterocycles. The van der Waals surface area contributed by atoms with Gasteiger partial charge in [-0.2, -0.15) is 5.10 Å². The van der Waals surface area contributed by atoms with E-state index in [4.69, 9.17) is 28.4 Å². The van der Waals surface area contributed by atoms with Gasteiger partial charge in [-0.1, -0.05) is 11.8 Å². The number of hydrogen-bond acceptors (Lipinski definition) is 26. The van der Waals surface area contributed by atoms with E-state index in [9.17, 15) is 4.39 Å². The summed E-state index contributed by atoms with van der Waals surface area (Å²) in [6.45, 7) is 9.62. The highest BCUT2D eigenvalue weighted by Crippen LogP contribution is 2.38. The van der Waals surface area contributed by atoms with Crippen LogP contribution in [0.15, 0.2) is 133 Å². The number of halogens is 1. The lowest BCUT2D eigenvalue weighted by Gasteiger charge is -2.31. The Morgan fingerprint density at radius 3 is 1.32 bits per heavy atom. The molecule has 25 nitrogen and oxygen atoms in total. The smallest absolute Gasteiger partial charge is 0.189 e. The summed E-state index contributed by atoms with van der Waals surface area (Å²) in [6.07, 6.45) is 32.7. The van der Waals surface area contributed by atoms with Crippen molar-refractivity contribution in [3.05, 3.63) is 129 Å². The highest BCUT2D eigenvalue weighted by atomic mass is 32.2. The zero-order valence-electron chi connectivity index (χ0n) is 56.3. The third kappa shape index (κ3) is 17.5. The molecule has 3 saturated heterocycles. The SMILES string of the molecule is CSc1cc(NC2CCC(Oc3cc(N4CCOCC4)cc4nccnc34)CC2)ncn1.CSc1ncc(F)c(NC2CCC(Oc3cc(N4CCOCC4)cc4nccnc34)CC2)n1.c1cc(-c2ccc(NC3CCC(Oc4cc(N5CCOCC5)cc5nccnc45)CC3)nc2)[nH]n1. The summed E-state index contributed by atoms with van der Waals surface area (Å²) in [5.74, 6) is 4.07. The minimum Gasteiger partial charge on any atom is -0.488 e. The lowest BCUT2D eigenvalue weighted by molar-refractivity contribution is 0.122. The number of pyridine rings is 1. The van der Waals surface area contributed by atoms with E-state index in [2.05, 4.69) is 138 Å². The number of rotatable bonds is 18. The number of aromatic amines is 1. The van der Waals surface area contributed by atoms with Gasteiger partial charge in [0.15, 0.2) is 16.8 Å². The average Bonchev–Trinajstić information content (AvgIpc) is 0.922. The number of aromatic nitrogens is 13. The predicted molar refractivity (Wildman–Crippen MR) is 388 cm³/mol. The van der Waals surface area contributed by atoms with E-state index in [0.717, 1.165) is 251 Å². The number of nitrogens with one attached hydrogen (secondary N) is 4. The van der Waals surface area contributed by atoms with Gasteiger partial charge in [0.05, 0.1) is 86.4 Å². The quantitative estimate of drug-likeness (QED) is 0.0353. The van der Waals surface area contributed by atoms with Crippen molar-refractivity contribution in [3.63, 3.8) is 0 Å². The number of hydrogen-bond donors (Lipinski definition) is 4. The number of ether oxygens (including phenoxy) is 6. The van der Waals surface area contributed by atoms with Gasteiger partial charge in [0.25, 0.3) is 0 Å². The predicted octanol–water partition coefficient (Wildman–Crippen LogP) is 11.8. The molecule has 0 bridgehead atoms. The van der Waals surface area contributed by atoms with E-state index < -0.39 is 5.82 Å². The van der Waals surface area contributed by atoms with Gasteiger partial charge in [-0.3, -0.25) is 20.1 Å². The number of benzene rings is 3. The third-order valence-corrected chi connectivity index (χ3v) is 20.2. The van der Waals surface area contributed by atoms with E-state index in [-0.39, 0.29) is 30.2 Å². The average molecular weight is 1390 g/mol. The van der Waals surface area contributed by atoms with Crippen LogP contribution < -0.4 is 44.9 Å². The zero-order chi connectivity index (χ0) is 67.8. The molecule has 3 saturated carbocycles. The summed E-state index contributed by atoms with van der Waals surface area (Å²) in [5, 5.41) is 18.9. The van der Waals surface area contributed by atoms with Crippen LogP contribution in [0.25, 0.3) is 44.4 Å². The van der Waals surface area contributed by atoms with Gasteiger partial charge in [-0.25, -0.2) is 44.3 Å². The van der Waals surface area contributed by atoms with Crippen LogP contribution in [0.4, 0.5) is 38.9 Å². The van der Waals surface area contributed by atoms with E-state index in [1.54, 1.807) is 61.5 Å². The molecule has 3 aromatic carbocycles. The number of fused-ring (bicyclic) bond motifs is 3. The molecule has 16 rings (SSSR count). The molecule has 10 heterocycles.